The Labute approximate surface area is 162 Å². The molecule has 0 bridgehead atoms. The Hall–Kier alpha value is -2.73. The molecule has 9 N–H and O–H groups in total. The molecular weight excluding hydrogens is 374 g/mol. The summed E-state index contributed by atoms with van der Waals surface area (Å²) in [6.07, 6.45) is -1.75. The van der Waals surface area contributed by atoms with Gasteiger partial charge in [0.05, 0.1) is 18.6 Å². The highest BCUT2D eigenvalue weighted by molar-refractivity contribution is 5.95. The van der Waals surface area contributed by atoms with Crippen LogP contribution in [0.4, 0.5) is 0 Å². The predicted octanol–water partition coefficient (Wildman–Crippen LogP) is -3.22. The van der Waals surface area contributed by atoms with Crippen molar-refractivity contribution >= 4 is 29.6 Å². The van der Waals surface area contributed by atoms with E-state index in [9.17, 15) is 29.1 Å². The predicted molar refractivity (Wildman–Crippen MR) is 97.4 cm³/mol. The van der Waals surface area contributed by atoms with E-state index in [1.54, 1.807) is 13.8 Å². The van der Waals surface area contributed by atoms with E-state index in [1.807, 2.05) is 0 Å². The third kappa shape index (κ3) is 8.31. The standard InChI is InChI=1S/C16H29N5O7/c1-6(2)11(20-13(24)9(17)5-10(18)23)14(25)21-12(8(4)22)15(26)19-7(3)16(27)28/h6-9,11-12,22H,5,17H2,1-4H3,(H2,18,23)(H,19,26)(H,20,24)(H,21,25)(H,27,28). The Morgan fingerprint density at radius 2 is 1.32 bits per heavy atom. The minimum Gasteiger partial charge on any atom is -0.480 e. The molecule has 12 nitrogen and oxygen atoms in total. The van der Waals surface area contributed by atoms with Gasteiger partial charge in [0, 0.05) is 0 Å². The Kier molecular flexibility index (Phi) is 10.1. The maximum absolute atomic E-state index is 12.5. The van der Waals surface area contributed by atoms with E-state index in [0.717, 1.165) is 0 Å². The molecule has 0 aromatic rings. The number of aliphatic hydroxyl groups excluding tert-OH is 1. The zero-order valence-electron chi connectivity index (χ0n) is 16.3. The van der Waals surface area contributed by atoms with Crippen molar-refractivity contribution in [2.75, 3.05) is 0 Å². The van der Waals surface area contributed by atoms with Gasteiger partial charge in [-0.05, 0) is 19.8 Å². The lowest BCUT2D eigenvalue weighted by Crippen LogP contribution is -2.60. The monoisotopic (exact) mass is 403 g/mol. The summed E-state index contributed by atoms with van der Waals surface area (Å²) in [6.45, 7) is 5.70. The normalized spacial score (nSPS) is 16.2. The molecule has 0 rings (SSSR count). The second-order valence-corrected chi connectivity index (χ2v) is 6.80. The molecule has 0 fully saturated rings. The lowest BCUT2D eigenvalue weighted by molar-refractivity contribution is -0.142. The van der Waals surface area contributed by atoms with Crippen LogP contribution in [0.3, 0.4) is 0 Å². The van der Waals surface area contributed by atoms with Crippen LogP contribution in [-0.4, -0.2) is 70.1 Å². The number of nitrogens with one attached hydrogen (secondary N) is 3. The molecular formula is C16H29N5O7. The van der Waals surface area contributed by atoms with Crippen molar-refractivity contribution in [2.24, 2.45) is 17.4 Å². The van der Waals surface area contributed by atoms with Crippen molar-refractivity contribution in [1.82, 2.24) is 16.0 Å². The summed E-state index contributed by atoms with van der Waals surface area (Å²) in [7, 11) is 0. The molecule has 0 aromatic heterocycles. The van der Waals surface area contributed by atoms with Crippen molar-refractivity contribution in [3.8, 4) is 0 Å². The van der Waals surface area contributed by atoms with Gasteiger partial charge in [-0.25, -0.2) is 0 Å². The van der Waals surface area contributed by atoms with E-state index in [1.165, 1.54) is 13.8 Å². The van der Waals surface area contributed by atoms with Crippen LogP contribution in [0.1, 0.15) is 34.1 Å². The molecule has 5 unspecified atom stereocenters. The van der Waals surface area contributed by atoms with E-state index < -0.39 is 72.2 Å². The van der Waals surface area contributed by atoms with E-state index >= 15 is 0 Å². The van der Waals surface area contributed by atoms with E-state index in [4.69, 9.17) is 16.6 Å². The van der Waals surface area contributed by atoms with Crippen LogP contribution < -0.4 is 27.4 Å². The van der Waals surface area contributed by atoms with Gasteiger partial charge in [0.15, 0.2) is 0 Å². The maximum atomic E-state index is 12.5. The van der Waals surface area contributed by atoms with E-state index in [0.29, 0.717) is 0 Å². The second-order valence-electron chi connectivity index (χ2n) is 6.80. The van der Waals surface area contributed by atoms with Crippen molar-refractivity contribution in [1.29, 1.82) is 0 Å². The Balaban J connectivity index is 5.22. The van der Waals surface area contributed by atoms with Crippen molar-refractivity contribution in [3.05, 3.63) is 0 Å². The quantitative estimate of drug-likeness (QED) is 0.186. The average Bonchev–Trinajstić information content (AvgIpc) is 2.55. The average molecular weight is 403 g/mol. The number of aliphatic hydroxyl groups is 1. The highest BCUT2D eigenvalue weighted by Crippen LogP contribution is 2.05. The molecule has 160 valence electrons. The molecule has 0 saturated heterocycles. The number of amides is 4. The van der Waals surface area contributed by atoms with Gasteiger partial charge < -0.3 is 37.6 Å². The highest BCUT2D eigenvalue weighted by atomic mass is 16.4. The van der Waals surface area contributed by atoms with Gasteiger partial charge in [0.1, 0.15) is 18.1 Å². The van der Waals surface area contributed by atoms with Gasteiger partial charge >= 0.3 is 5.97 Å². The maximum Gasteiger partial charge on any atom is 0.325 e. The number of carbonyl (C=O) groups excluding carboxylic acids is 4. The SMILES string of the molecule is CC(NC(=O)C(NC(=O)C(NC(=O)C(N)CC(N)=O)C(C)C)C(C)O)C(=O)O. The Bertz CT molecular complexity index is 608. The van der Waals surface area contributed by atoms with Crippen LogP contribution in [0.5, 0.6) is 0 Å². The first-order valence-electron chi connectivity index (χ1n) is 8.63. The van der Waals surface area contributed by atoms with Crippen LogP contribution in [0.25, 0.3) is 0 Å². The molecule has 0 aromatic carbocycles. The number of rotatable bonds is 11. The van der Waals surface area contributed by atoms with Crippen molar-refractivity contribution < 1.29 is 34.2 Å². The first-order valence-corrected chi connectivity index (χ1v) is 8.63. The molecule has 0 radical (unpaired) electrons. The smallest absolute Gasteiger partial charge is 0.325 e. The number of carbonyl (C=O) groups is 5. The Morgan fingerprint density at radius 1 is 0.857 bits per heavy atom. The van der Waals surface area contributed by atoms with Crippen LogP contribution in [0.15, 0.2) is 0 Å². The van der Waals surface area contributed by atoms with Crippen LogP contribution in [0, 0.1) is 5.92 Å². The zero-order valence-corrected chi connectivity index (χ0v) is 16.3. The molecule has 5 atom stereocenters. The number of nitrogens with two attached hydrogens (primary N) is 2. The first kappa shape index (κ1) is 25.3. The van der Waals surface area contributed by atoms with Gasteiger partial charge in [-0.3, -0.25) is 24.0 Å². The van der Waals surface area contributed by atoms with Gasteiger partial charge in [-0.1, -0.05) is 13.8 Å². The number of carboxylic acids is 1. The van der Waals surface area contributed by atoms with Gasteiger partial charge in [-0.2, -0.15) is 0 Å². The van der Waals surface area contributed by atoms with Crippen LogP contribution >= 0.6 is 0 Å². The summed E-state index contributed by atoms with van der Waals surface area (Å²) in [5.74, 6) is -4.99. The molecule has 0 aliphatic heterocycles. The topological polar surface area (TPSA) is 214 Å². The molecule has 12 heteroatoms. The highest BCUT2D eigenvalue weighted by Gasteiger charge is 2.33. The largest absolute Gasteiger partial charge is 0.480 e. The summed E-state index contributed by atoms with van der Waals surface area (Å²) in [4.78, 5) is 58.5. The van der Waals surface area contributed by atoms with Crippen molar-refractivity contribution in [2.45, 2.75) is 64.4 Å². The molecule has 0 saturated carbocycles. The van der Waals surface area contributed by atoms with Crippen molar-refractivity contribution in [3.63, 3.8) is 0 Å². The molecule has 28 heavy (non-hydrogen) atoms. The zero-order chi connectivity index (χ0) is 22.2. The Morgan fingerprint density at radius 3 is 1.71 bits per heavy atom. The van der Waals surface area contributed by atoms with Crippen LogP contribution in [-0.2, 0) is 24.0 Å². The summed E-state index contributed by atoms with van der Waals surface area (Å²) < 4.78 is 0. The summed E-state index contributed by atoms with van der Waals surface area (Å²) in [5, 5.41) is 25.4. The fraction of sp³-hybridized carbons (Fsp3) is 0.688. The number of primary amides is 1. The molecule has 0 heterocycles. The third-order valence-electron chi connectivity index (χ3n) is 3.80. The van der Waals surface area contributed by atoms with E-state index in [-0.39, 0.29) is 0 Å². The third-order valence-corrected chi connectivity index (χ3v) is 3.80. The lowest BCUT2D eigenvalue weighted by Gasteiger charge is -2.27. The first-order chi connectivity index (χ1) is 12.8. The summed E-state index contributed by atoms with van der Waals surface area (Å²) in [5.41, 5.74) is 10.5. The number of carboxylic acid groups (broad SMARTS) is 1. The fourth-order valence-electron chi connectivity index (χ4n) is 2.12. The molecule has 0 aliphatic rings. The minimum absolute atomic E-state index is 0.413. The summed E-state index contributed by atoms with van der Waals surface area (Å²) in [6, 6.07) is -5.07. The fourth-order valence-corrected chi connectivity index (χ4v) is 2.12. The van der Waals surface area contributed by atoms with Gasteiger partial charge in [0.2, 0.25) is 23.6 Å². The number of hydrogen-bond acceptors (Lipinski definition) is 7. The summed E-state index contributed by atoms with van der Waals surface area (Å²) >= 11 is 0. The van der Waals surface area contributed by atoms with Gasteiger partial charge in [0.25, 0.3) is 0 Å². The second kappa shape index (κ2) is 11.2. The van der Waals surface area contributed by atoms with Gasteiger partial charge in [-0.15, -0.1) is 0 Å². The molecule has 0 aliphatic carbocycles. The molecule has 0 spiro atoms. The minimum atomic E-state index is -1.45. The molecule has 4 amide bonds. The number of aliphatic carboxylic acids is 1. The number of hydrogen-bond donors (Lipinski definition) is 7. The van der Waals surface area contributed by atoms with E-state index in [2.05, 4.69) is 16.0 Å². The van der Waals surface area contributed by atoms with Crippen LogP contribution in [0.2, 0.25) is 0 Å². The lowest BCUT2D eigenvalue weighted by atomic mass is 10.0.